The van der Waals surface area contributed by atoms with Crippen molar-refractivity contribution in [3.05, 3.63) is 78.4 Å². The number of nitrogens with two attached hydrogens (primary N) is 1. The molecule has 4 nitrogen and oxygen atoms in total. The van der Waals surface area contributed by atoms with Gasteiger partial charge in [0.1, 0.15) is 5.54 Å². The van der Waals surface area contributed by atoms with Crippen LogP contribution in [0.1, 0.15) is 12.5 Å². The summed E-state index contributed by atoms with van der Waals surface area (Å²) < 4.78 is 2.23. The van der Waals surface area contributed by atoms with E-state index in [1.165, 1.54) is 17.7 Å². The van der Waals surface area contributed by atoms with Crippen LogP contribution >= 0.6 is 0 Å². The van der Waals surface area contributed by atoms with Crippen LogP contribution in [0.4, 0.5) is 0 Å². The third-order valence-corrected chi connectivity index (χ3v) is 4.83. The molecule has 3 N–H and O–H groups in total. The molecule has 4 heteroatoms. The molecule has 0 bridgehead atoms. The van der Waals surface area contributed by atoms with Crippen molar-refractivity contribution in [1.82, 2.24) is 4.57 Å². The van der Waals surface area contributed by atoms with Crippen LogP contribution in [-0.4, -0.2) is 21.2 Å². The van der Waals surface area contributed by atoms with Crippen molar-refractivity contribution >= 4 is 27.8 Å². The molecule has 0 aliphatic rings. The number of benzene rings is 3. The first-order valence-electron chi connectivity index (χ1n) is 8.57. The monoisotopic (exact) mass is 344 g/mol. The van der Waals surface area contributed by atoms with E-state index in [2.05, 4.69) is 41.0 Å². The molecule has 0 unspecified atom stereocenters. The Hall–Kier alpha value is -3.11. The highest BCUT2D eigenvalue weighted by Crippen LogP contribution is 2.31. The number of rotatable bonds is 4. The minimum absolute atomic E-state index is 0.287. The molecular weight excluding hydrogens is 324 g/mol. The third-order valence-electron chi connectivity index (χ3n) is 4.83. The fourth-order valence-corrected chi connectivity index (χ4v) is 3.46. The molecule has 3 aromatic carbocycles. The molecule has 4 aromatic rings. The summed E-state index contributed by atoms with van der Waals surface area (Å²) in [5.74, 6) is -0.996. The second kappa shape index (κ2) is 6.00. The summed E-state index contributed by atoms with van der Waals surface area (Å²) in [6.07, 6.45) is 0.287. The van der Waals surface area contributed by atoms with Crippen molar-refractivity contribution in [2.75, 3.05) is 0 Å². The number of fused-ring (bicyclic) bond motifs is 3. The third kappa shape index (κ3) is 2.65. The predicted molar refractivity (Wildman–Crippen MR) is 105 cm³/mol. The van der Waals surface area contributed by atoms with E-state index in [0.717, 1.165) is 22.3 Å². The number of hydrogen-bond acceptors (Lipinski definition) is 2. The molecule has 0 fully saturated rings. The summed E-state index contributed by atoms with van der Waals surface area (Å²) in [4.78, 5) is 11.2. The average Bonchev–Trinajstić information content (AvgIpc) is 2.97. The van der Waals surface area contributed by atoms with Gasteiger partial charge in [-0.25, -0.2) is 0 Å². The van der Waals surface area contributed by atoms with Gasteiger partial charge in [0.15, 0.2) is 0 Å². The van der Waals surface area contributed by atoms with Gasteiger partial charge in [0, 0.05) is 22.9 Å². The molecule has 130 valence electrons. The van der Waals surface area contributed by atoms with Gasteiger partial charge in [-0.2, -0.15) is 0 Å². The lowest BCUT2D eigenvalue weighted by Gasteiger charge is -2.19. The molecule has 0 saturated heterocycles. The van der Waals surface area contributed by atoms with Crippen LogP contribution in [0.3, 0.4) is 0 Å². The van der Waals surface area contributed by atoms with E-state index >= 15 is 0 Å². The molecule has 26 heavy (non-hydrogen) atoms. The zero-order valence-electron chi connectivity index (χ0n) is 14.5. The van der Waals surface area contributed by atoms with Crippen molar-refractivity contribution < 1.29 is 9.90 Å². The van der Waals surface area contributed by atoms with Crippen LogP contribution in [0.25, 0.3) is 27.5 Å². The lowest BCUT2D eigenvalue weighted by Crippen LogP contribution is -2.46. The molecule has 0 spiro atoms. The van der Waals surface area contributed by atoms with Crippen molar-refractivity contribution in [3.63, 3.8) is 0 Å². The van der Waals surface area contributed by atoms with Crippen LogP contribution in [0.15, 0.2) is 72.8 Å². The lowest BCUT2D eigenvalue weighted by atomic mass is 9.94. The normalized spacial score (nSPS) is 13.8. The number of carboxylic acids is 1. The van der Waals surface area contributed by atoms with Crippen LogP contribution in [0.2, 0.25) is 0 Å². The van der Waals surface area contributed by atoms with E-state index in [0.29, 0.717) is 0 Å². The number of para-hydroxylation sites is 2. The van der Waals surface area contributed by atoms with Gasteiger partial charge in [0.05, 0.1) is 11.0 Å². The molecule has 0 amide bonds. The van der Waals surface area contributed by atoms with Crippen LogP contribution in [0, 0.1) is 0 Å². The van der Waals surface area contributed by atoms with Gasteiger partial charge in [-0.3, -0.25) is 4.79 Å². The summed E-state index contributed by atoms with van der Waals surface area (Å²) in [5.41, 5.74) is 8.84. The molecule has 0 radical (unpaired) electrons. The minimum atomic E-state index is -1.27. The zero-order valence-corrected chi connectivity index (χ0v) is 14.5. The van der Waals surface area contributed by atoms with E-state index in [1.54, 1.807) is 0 Å². The largest absolute Gasteiger partial charge is 0.480 e. The Bertz CT molecular complexity index is 1050. The van der Waals surface area contributed by atoms with Gasteiger partial charge in [-0.05, 0) is 36.8 Å². The molecular formula is C22H20N2O2. The van der Waals surface area contributed by atoms with E-state index in [4.69, 9.17) is 5.73 Å². The Balaban J connectivity index is 1.82. The minimum Gasteiger partial charge on any atom is -0.480 e. The van der Waals surface area contributed by atoms with Gasteiger partial charge in [-0.15, -0.1) is 0 Å². The van der Waals surface area contributed by atoms with Gasteiger partial charge in [-0.1, -0.05) is 48.5 Å². The van der Waals surface area contributed by atoms with Gasteiger partial charge in [0.25, 0.3) is 0 Å². The highest BCUT2D eigenvalue weighted by Gasteiger charge is 2.28. The molecule has 0 aliphatic heterocycles. The molecule has 1 aromatic heterocycles. The van der Waals surface area contributed by atoms with Crippen LogP contribution in [0.5, 0.6) is 0 Å². The van der Waals surface area contributed by atoms with E-state index in [1.807, 2.05) is 36.4 Å². The van der Waals surface area contributed by atoms with Crippen molar-refractivity contribution in [1.29, 1.82) is 0 Å². The maximum Gasteiger partial charge on any atom is 0.323 e. The van der Waals surface area contributed by atoms with Crippen molar-refractivity contribution in [3.8, 4) is 5.69 Å². The van der Waals surface area contributed by atoms with Gasteiger partial charge in [0.2, 0.25) is 0 Å². The Morgan fingerprint density at radius 2 is 1.42 bits per heavy atom. The Labute approximate surface area is 151 Å². The molecule has 1 atom stereocenters. The quantitative estimate of drug-likeness (QED) is 0.585. The molecule has 0 saturated carbocycles. The maximum atomic E-state index is 11.2. The number of aliphatic carboxylic acids is 1. The topological polar surface area (TPSA) is 68.2 Å². The summed E-state index contributed by atoms with van der Waals surface area (Å²) in [6, 6.07) is 24.6. The molecule has 0 aliphatic carbocycles. The number of nitrogens with zero attached hydrogens (tertiary/aromatic N) is 1. The first kappa shape index (κ1) is 16.4. The smallest absolute Gasteiger partial charge is 0.323 e. The predicted octanol–water partition coefficient (Wildman–Crippen LogP) is 4.13. The van der Waals surface area contributed by atoms with Crippen molar-refractivity contribution in [2.45, 2.75) is 18.9 Å². The first-order chi connectivity index (χ1) is 12.5. The summed E-state index contributed by atoms with van der Waals surface area (Å²) in [7, 11) is 0. The average molecular weight is 344 g/mol. The van der Waals surface area contributed by atoms with E-state index in [-0.39, 0.29) is 6.42 Å². The fourth-order valence-electron chi connectivity index (χ4n) is 3.46. The highest BCUT2D eigenvalue weighted by molar-refractivity contribution is 6.09. The molecule has 4 rings (SSSR count). The zero-order chi connectivity index (χ0) is 18.3. The Kier molecular flexibility index (Phi) is 3.78. The number of carboxylic acid groups (broad SMARTS) is 1. The van der Waals surface area contributed by atoms with Crippen LogP contribution < -0.4 is 5.73 Å². The molecule has 1 heterocycles. The maximum absolute atomic E-state index is 11.2. The Morgan fingerprint density at radius 1 is 0.923 bits per heavy atom. The standard InChI is InChI=1S/C22H20N2O2/c1-22(23,21(25)26)14-15-10-12-16(13-11-15)24-19-8-4-2-6-17(19)18-7-3-5-9-20(18)24/h2-13H,14,23H2,1H3,(H,25,26)/t22-/m1/s1. The first-order valence-corrected chi connectivity index (χ1v) is 8.57. The van der Waals surface area contributed by atoms with Gasteiger partial charge >= 0.3 is 5.97 Å². The summed E-state index contributed by atoms with van der Waals surface area (Å²) in [6.45, 7) is 1.54. The summed E-state index contributed by atoms with van der Waals surface area (Å²) >= 11 is 0. The van der Waals surface area contributed by atoms with E-state index in [9.17, 15) is 9.90 Å². The van der Waals surface area contributed by atoms with Crippen LogP contribution in [-0.2, 0) is 11.2 Å². The van der Waals surface area contributed by atoms with Gasteiger partial charge < -0.3 is 15.4 Å². The number of hydrogen-bond donors (Lipinski definition) is 2. The lowest BCUT2D eigenvalue weighted by molar-refractivity contribution is -0.142. The highest BCUT2D eigenvalue weighted by atomic mass is 16.4. The second-order valence-electron chi connectivity index (χ2n) is 6.94. The second-order valence-corrected chi connectivity index (χ2v) is 6.94. The number of carbonyl (C=O) groups is 1. The fraction of sp³-hybridized carbons (Fsp3) is 0.136. The summed E-state index contributed by atoms with van der Waals surface area (Å²) in [5, 5.41) is 11.6. The Morgan fingerprint density at radius 3 is 1.92 bits per heavy atom. The van der Waals surface area contributed by atoms with Crippen molar-refractivity contribution in [2.24, 2.45) is 5.73 Å². The van der Waals surface area contributed by atoms with E-state index < -0.39 is 11.5 Å². The number of aromatic nitrogens is 1. The SMILES string of the molecule is C[C@@](N)(Cc1ccc(-n2c3ccccc3c3ccccc32)cc1)C(=O)O.